The number of aromatic nitrogens is 1. The first-order valence-corrected chi connectivity index (χ1v) is 10.4. The number of hydrogen-bond acceptors (Lipinski definition) is 5. The summed E-state index contributed by atoms with van der Waals surface area (Å²) >= 11 is 1.16. The number of pyridine rings is 1. The summed E-state index contributed by atoms with van der Waals surface area (Å²) in [5.74, 6) is 0. The van der Waals surface area contributed by atoms with Gasteiger partial charge in [0.2, 0.25) is 0 Å². The number of nitrogens with one attached hydrogen (secondary N) is 1. The van der Waals surface area contributed by atoms with Crippen molar-refractivity contribution in [2.75, 3.05) is 4.72 Å². The molecule has 4 rings (SSSR count). The zero-order valence-electron chi connectivity index (χ0n) is 14.0. The molecule has 0 saturated carbocycles. The van der Waals surface area contributed by atoms with Gasteiger partial charge in [-0.25, -0.2) is 8.42 Å². The number of benzene rings is 2. The molecule has 0 atom stereocenters. The molecule has 0 spiro atoms. The third-order valence-electron chi connectivity index (χ3n) is 4.16. The number of nitrogens with zero attached hydrogens (tertiary/aromatic N) is 2. The van der Waals surface area contributed by atoms with Gasteiger partial charge in [-0.15, -0.1) is 11.3 Å². The second-order valence-electron chi connectivity index (χ2n) is 5.78. The van der Waals surface area contributed by atoms with E-state index in [1.807, 2.05) is 30.3 Å². The van der Waals surface area contributed by atoms with Gasteiger partial charge in [-0.05, 0) is 34.5 Å². The minimum atomic E-state index is -3.68. The first kappa shape index (κ1) is 17.2. The molecule has 0 saturated heterocycles. The fourth-order valence-corrected chi connectivity index (χ4v) is 5.01. The Balaban J connectivity index is 1.88. The number of sulfonamides is 1. The van der Waals surface area contributed by atoms with E-state index in [4.69, 9.17) is 0 Å². The van der Waals surface area contributed by atoms with Crippen LogP contribution in [-0.4, -0.2) is 13.4 Å². The maximum Gasteiger partial charge on any atom is 0.271 e. The number of rotatable bonds is 4. The lowest BCUT2D eigenvalue weighted by Gasteiger charge is -2.14. The Morgan fingerprint density at radius 2 is 1.78 bits per heavy atom. The molecule has 0 fully saturated rings. The number of fused-ring (bicyclic) bond motifs is 1. The summed E-state index contributed by atoms with van der Waals surface area (Å²) in [5, 5.41) is 12.8. The predicted molar refractivity (Wildman–Crippen MR) is 107 cm³/mol. The molecule has 5 nitrogen and oxygen atoms in total. The third kappa shape index (κ3) is 3.16. The Bertz CT molecular complexity index is 1270. The molecule has 0 radical (unpaired) electrons. The Morgan fingerprint density at radius 1 is 0.963 bits per heavy atom. The van der Waals surface area contributed by atoms with Gasteiger partial charge in [-0.3, -0.25) is 9.71 Å². The first-order chi connectivity index (χ1) is 13.1. The number of thiophene rings is 1. The zero-order valence-corrected chi connectivity index (χ0v) is 15.6. The molecule has 2 aromatic heterocycles. The highest BCUT2D eigenvalue weighted by Crippen LogP contribution is 2.35. The van der Waals surface area contributed by atoms with Crippen LogP contribution in [0.4, 0.5) is 5.69 Å². The van der Waals surface area contributed by atoms with Crippen molar-refractivity contribution in [1.29, 1.82) is 5.26 Å². The van der Waals surface area contributed by atoms with Crippen molar-refractivity contribution in [3.05, 3.63) is 77.9 Å². The van der Waals surface area contributed by atoms with Crippen LogP contribution in [0.3, 0.4) is 0 Å². The largest absolute Gasteiger partial charge is 0.278 e. The molecule has 0 bridgehead atoms. The van der Waals surface area contributed by atoms with E-state index in [1.54, 1.807) is 42.0 Å². The quantitative estimate of drug-likeness (QED) is 0.549. The Hall–Kier alpha value is -3.21. The molecular formula is C20H13N3O2S2. The molecule has 0 aliphatic rings. The SMILES string of the molecule is N#Cc1ccc(-c2cnccc2NS(=O)(=O)c2cccs2)c2ccccc12. The number of anilines is 1. The second-order valence-corrected chi connectivity index (χ2v) is 8.63. The summed E-state index contributed by atoms with van der Waals surface area (Å²) in [6.07, 6.45) is 3.17. The van der Waals surface area contributed by atoms with Gasteiger partial charge < -0.3 is 0 Å². The normalized spacial score (nSPS) is 11.2. The van der Waals surface area contributed by atoms with Crippen LogP contribution in [0.5, 0.6) is 0 Å². The van der Waals surface area contributed by atoms with E-state index < -0.39 is 10.0 Å². The fourth-order valence-electron chi connectivity index (χ4n) is 2.94. The molecule has 0 amide bonds. The summed E-state index contributed by atoms with van der Waals surface area (Å²) in [6.45, 7) is 0. The number of hydrogen-bond donors (Lipinski definition) is 1. The van der Waals surface area contributed by atoms with Crippen LogP contribution in [0.2, 0.25) is 0 Å². The molecule has 27 heavy (non-hydrogen) atoms. The van der Waals surface area contributed by atoms with Crippen LogP contribution in [-0.2, 0) is 10.0 Å². The summed E-state index contributed by atoms with van der Waals surface area (Å²) in [4.78, 5) is 4.17. The smallest absolute Gasteiger partial charge is 0.271 e. The van der Waals surface area contributed by atoms with Gasteiger partial charge in [0, 0.05) is 23.3 Å². The lowest BCUT2D eigenvalue weighted by Crippen LogP contribution is -2.12. The highest BCUT2D eigenvalue weighted by atomic mass is 32.2. The summed E-state index contributed by atoms with van der Waals surface area (Å²) < 4.78 is 28.2. The van der Waals surface area contributed by atoms with Gasteiger partial charge in [0.15, 0.2) is 0 Å². The van der Waals surface area contributed by atoms with Crippen LogP contribution in [0.15, 0.2) is 76.6 Å². The predicted octanol–water partition coefficient (Wildman–Crippen LogP) is 4.64. The second kappa shape index (κ2) is 6.83. The van der Waals surface area contributed by atoms with Crippen molar-refractivity contribution in [1.82, 2.24) is 4.98 Å². The van der Waals surface area contributed by atoms with E-state index in [0.717, 1.165) is 27.7 Å². The molecule has 2 aromatic carbocycles. The van der Waals surface area contributed by atoms with E-state index in [9.17, 15) is 13.7 Å². The van der Waals surface area contributed by atoms with Crippen LogP contribution < -0.4 is 4.72 Å². The van der Waals surface area contributed by atoms with E-state index in [0.29, 0.717) is 16.8 Å². The molecule has 2 heterocycles. The fraction of sp³-hybridized carbons (Fsp3) is 0. The van der Waals surface area contributed by atoms with E-state index in [2.05, 4.69) is 15.8 Å². The average molecular weight is 391 g/mol. The van der Waals surface area contributed by atoms with E-state index in [-0.39, 0.29) is 4.21 Å². The van der Waals surface area contributed by atoms with E-state index in [1.165, 1.54) is 0 Å². The van der Waals surface area contributed by atoms with Crippen LogP contribution in [0.1, 0.15) is 5.56 Å². The van der Waals surface area contributed by atoms with Crippen LogP contribution in [0, 0.1) is 11.3 Å². The van der Waals surface area contributed by atoms with Crippen molar-refractivity contribution in [3.63, 3.8) is 0 Å². The van der Waals surface area contributed by atoms with Crippen LogP contribution in [0.25, 0.3) is 21.9 Å². The lowest BCUT2D eigenvalue weighted by atomic mass is 9.95. The highest BCUT2D eigenvalue weighted by molar-refractivity contribution is 7.94. The molecule has 4 aromatic rings. The Kier molecular flexibility index (Phi) is 4.36. The zero-order chi connectivity index (χ0) is 18.9. The van der Waals surface area contributed by atoms with Gasteiger partial charge in [0.25, 0.3) is 10.0 Å². The minimum absolute atomic E-state index is 0.245. The van der Waals surface area contributed by atoms with Crippen molar-refractivity contribution >= 4 is 37.8 Å². The number of nitriles is 1. The summed E-state index contributed by atoms with van der Waals surface area (Å²) in [7, 11) is -3.68. The van der Waals surface area contributed by atoms with Crippen molar-refractivity contribution in [2.24, 2.45) is 0 Å². The van der Waals surface area contributed by atoms with Gasteiger partial charge in [-0.1, -0.05) is 36.4 Å². The Morgan fingerprint density at radius 3 is 2.52 bits per heavy atom. The van der Waals surface area contributed by atoms with Crippen LogP contribution >= 0.6 is 11.3 Å². The molecule has 1 N–H and O–H groups in total. The van der Waals surface area contributed by atoms with Gasteiger partial charge in [-0.2, -0.15) is 5.26 Å². The van der Waals surface area contributed by atoms with E-state index >= 15 is 0 Å². The Labute approximate surface area is 160 Å². The summed E-state index contributed by atoms with van der Waals surface area (Å²) in [6, 6.07) is 18.2. The molecule has 132 valence electrons. The van der Waals surface area contributed by atoms with Crippen molar-refractivity contribution < 1.29 is 8.42 Å². The van der Waals surface area contributed by atoms with Crippen molar-refractivity contribution in [2.45, 2.75) is 4.21 Å². The molecule has 7 heteroatoms. The molecule has 0 aliphatic carbocycles. The summed E-state index contributed by atoms with van der Waals surface area (Å²) in [5.41, 5.74) is 2.46. The van der Waals surface area contributed by atoms with Gasteiger partial charge in [0.05, 0.1) is 17.3 Å². The standard InChI is InChI=1S/C20H13N3O2S2/c21-12-14-7-8-17(16-5-2-1-4-15(14)16)18-13-22-10-9-19(18)23-27(24,25)20-6-3-11-26-20/h1-11,13H,(H,22,23). The molecule has 0 aliphatic heterocycles. The monoisotopic (exact) mass is 391 g/mol. The topological polar surface area (TPSA) is 82.8 Å². The maximum atomic E-state index is 12.6. The highest BCUT2D eigenvalue weighted by Gasteiger charge is 2.18. The average Bonchev–Trinajstić information content (AvgIpc) is 3.23. The minimum Gasteiger partial charge on any atom is -0.278 e. The van der Waals surface area contributed by atoms with Gasteiger partial charge in [0.1, 0.15) is 4.21 Å². The maximum absolute atomic E-state index is 12.6. The molecule has 0 unspecified atom stereocenters. The van der Waals surface area contributed by atoms with Gasteiger partial charge >= 0.3 is 0 Å². The van der Waals surface area contributed by atoms with Crippen molar-refractivity contribution in [3.8, 4) is 17.2 Å². The first-order valence-electron chi connectivity index (χ1n) is 8.03. The molecular weight excluding hydrogens is 378 g/mol. The third-order valence-corrected chi connectivity index (χ3v) is 6.92. The lowest BCUT2D eigenvalue weighted by molar-refractivity contribution is 0.603.